The molecule has 0 unspecified atom stereocenters. The van der Waals surface area contributed by atoms with Crippen molar-refractivity contribution in [3.63, 3.8) is 0 Å². The Bertz CT molecular complexity index is 608. The van der Waals surface area contributed by atoms with Gasteiger partial charge in [0.25, 0.3) is 0 Å². The Kier molecular flexibility index (Phi) is 4.90. The Balaban J connectivity index is 2.00. The van der Waals surface area contributed by atoms with Crippen molar-refractivity contribution in [1.82, 2.24) is 0 Å². The van der Waals surface area contributed by atoms with Gasteiger partial charge in [0, 0.05) is 17.4 Å². The van der Waals surface area contributed by atoms with Gasteiger partial charge in [0.05, 0.1) is 5.56 Å². The molecule has 2 rings (SSSR count). The van der Waals surface area contributed by atoms with Gasteiger partial charge < -0.3 is 0 Å². The second-order valence-corrected chi connectivity index (χ2v) is 5.28. The van der Waals surface area contributed by atoms with E-state index in [1.165, 1.54) is 6.07 Å². The Morgan fingerprint density at radius 1 is 1.10 bits per heavy atom. The van der Waals surface area contributed by atoms with Gasteiger partial charge in [-0.05, 0) is 42.5 Å². The molecule has 20 heavy (non-hydrogen) atoms. The second kappa shape index (κ2) is 6.66. The fraction of sp³-hybridized carbons (Fsp3) is 0.188. The molecule has 104 valence electrons. The van der Waals surface area contributed by atoms with Gasteiger partial charge >= 0.3 is 0 Å². The van der Waals surface area contributed by atoms with Crippen LogP contribution in [-0.2, 0) is 6.42 Å². The molecule has 0 spiro atoms. The SMILES string of the molecule is CSc1ccc(CCC(=O)c2ccc(F)cc2F)cc1. The summed E-state index contributed by atoms with van der Waals surface area (Å²) in [5.74, 6) is -1.78. The van der Waals surface area contributed by atoms with Gasteiger partial charge in [-0.2, -0.15) is 0 Å². The number of hydrogen-bond donors (Lipinski definition) is 0. The van der Waals surface area contributed by atoms with Crippen molar-refractivity contribution in [1.29, 1.82) is 0 Å². The molecule has 0 atom stereocenters. The van der Waals surface area contributed by atoms with E-state index in [1.54, 1.807) is 11.8 Å². The zero-order valence-corrected chi connectivity index (χ0v) is 11.8. The molecule has 0 fully saturated rings. The average molecular weight is 292 g/mol. The van der Waals surface area contributed by atoms with Gasteiger partial charge in [-0.1, -0.05) is 12.1 Å². The number of rotatable bonds is 5. The maximum absolute atomic E-state index is 13.5. The van der Waals surface area contributed by atoms with Crippen LogP contribution in [0.3, 0.4) is 0 Å². The third-order valence-corrected chi connectivity index (χ3v) is 3.77. The molecular weight excluding hydrogens is 278 g/mol. The van der Waals surface area contributed by atoms with Crippen LogP contribution in [-0.4, -0.2) is 12.0 Å². The quantitative estimate of drug-likeness (QED) is 0.596. The molecule has 0 aliphatic heterocycles. The Morgan fingerprint density at radius 3 is 2.40 bits per heavy atom. The first-order chi connectivity index (χ1) is 9.60. The smallest absolute Gasteiger partial charge is 0.166 e. The molecule has 0 bridgehead atoms. The highest BCUT2D eigenvalue weighted by Crippen LogP contribution is 2.17. The molecule has 0 heterocycles. The first kappa shape index (κ1) is 14.7. The summed E-state index contributed by atoms with van der Waals surface area (Å²) < 4.78 is 26.2. The minimum Gasteiger partial charge on any atom is -0.294 e. The number of thioether (sulfide) groups is 1. The molecule has 0 radical (unpaired) electrons. The first-order valence-electron chi connectivity index (χ1n) is 6.21. The Labute approximate surface area is 121 Å². The highest BCUT2D eigenvalue weighted by atomic mass is 32.2. The van der Waals surface area contributed by atoms with E-state index >= 15 is 0 Å². The normalized spacial score (nSPS) is 10.6. The summed E-state index contributed by atoms with van der Waals surface area (Å²) in [6.45, 7) is 0. The van der Waals surface area contributed by atoms with Crippen molar-refractivity contribution in [2.75, 3.05) is 6.26 Å². The lowest BCUT2D eigenvalue weighted by molar-refractivity contribution is 0.0979. The van der Waals surface area contributed by atoms with E-state index in [-0.39, 0.29) is 17.8 Å². The van der Waals surface area contributed by atoms with Crippen LogP contribution in [0, 0.1) is 11.6 Å². The molecule has 2 aromatic rings. The van der Waals surface area contributed by atoms with Crippen LogP contribution in [0.2, 0.25) is 0 Å². The van der Waals surface area contributed by atoms with Crippen LogP contribution in [0.1, 0.15) is 22.3 Å². The lowest BCUT2D eigenvalue weighted by Crippen LogP contribution is -2.04. The highest BCUT2D eigenvalue weighted by molar-refractivity contribution is 7.98. The minimum absolute atomic E-state index is 0.0490. The standard InChI is InChI=1S/C16H14F2OS/c1-20-13-6-2-11(3-7-13)4-9-16(19)14-8-5-12(17)10-15(14)18/h2-3,5-8,10H,4,9H2,1H3. The number of carbonyl (C=O) groups is 1. The van der Waals surface area contributed by atoms with Gasteiger partial charge in [0.15, 0.2) is 5.78 Å². The Hall–Kier alpha value is -1.68. The molecule has 0 aromatic heterocycles. The predicted octanol–water partition coefficient (Wildman–Crippen LogP) is 4.50. The maximum Gasteiger partial charge on any atom is 0.166 e. The molecule has 2 aromatic carbocycles. The molecule has 0 aliphatic rings. The summed E-state index contributed by atoms with van der Waals surface area (Å²) in [6, 6.07) is 10.9. The van der Waals surface area contributed by atoms with E-state index in [1.807, 2.05) is 30.5 Å². The van der Waals surface area contributed by atoms with Crippen LogP contribution >= 0.6 is 11.8 Å². The largest absolute Gasteiger partial charge is 0.294 e. The van der Waals surface area contributed by atoms with Crippen LogP contribution < -0.4 is 0 Å². The van der Waals surface area contributed by atoms with E-state index < -0.39 is 11.6 Å². The number of ketones is 1. The number of benzene rings is 2. The number of carbonyl (C=O) groups excluding carboxylic acids is 1. The molecule has 0 saturated heterocycles. The third kappa shape index (κ3) is 3.67. The number of Topliss-reactive ketones (excluding diaryl/α,β-unsaturated/α-hetero) is 1. The summed E-state index contributed by atoms with van der Waals surface area (Å²) >= 11 is 1.65. The van der Waals surface area contributed by atoms with Gasteiger partial charge in [-0.15, -0.1) is 11.8 Å². The lowest BCUT2D eigenvalue weighted by Gasteiger charge is -2.04. The zero-order valence-electron chi connectivity index (χ0n) is 11.0. The van der Waals surface area contributed by atoms with Crippen molar-refractivity contribution in [2.45, 2.75) is 17.7 Å². The number of hydrogen-bond acceptors (Lipinski definition) is 2. The predicted molar refractivity (Wildman–Crippen MR) is 77.2 cm³/mol. The van der Waals surface area contributed by atoms with Crippen LogP contribution in [0.15, 0.2) is 47.4 Å². The summed E-state index contributed by atoms with van der Waals surface area (Å²) in [6.07, 6.45) is 2.75. The Morgan fingerprint density at radius 2 is 1.80 bits per heavy atom. The molecule has 0 saturated carbocycles. The van der Waals surface area contributed by atoms with E-state index in [0.717, 1.165) is 22.6 Å². The molecule has 1 nitrogen and oxygen atoms in total. The van der Waals surface area contributed by atoms with Crippen molar-refractivity contribution >= 4 is 17.5 Å². The van der Waals surface area contributed by atoms with E-state index in [4.69, 9.17) is 0 Å². The first-order valence-corrected chi connectivity index (χ1v) is 7.44. The van der Waals surface area contributed by atoms with Crippen molar-refractivity contribution < 1.29 is 13.6 Å². The zero-order chi connectivity index (χ0) is 14.5. The van der Waals surface area contributed by atoms with E-state index in [0.29, 0.717) is 6.42 Å². The van der Waals surface area contributed by atoms with E-state index in [2.05, 4.69) is 0 Å². The number of aryl methyl sites for hydroxylation is 1. The van der Waals surface area contributed by atoms with Gasteiger partial charge in [0.1, 0.15) is 11.6 Å². The number of halogens is 2. The van der Waals surface area contributed by atoms with Crippen LogP contribution in [0.5, 0.6) is 0 Å². The molecule has 4 heteroatoms. The van der Waals surface area contributed by atoms with Crippen molar-refractivity contribution in [3.8, 4) is 0 Å². The lowest BCUT2D eigenvalue weighted by atomic mass is 10.0. The molecule has 0 amide bonds. The van der Waals surface area contributed by atoms with Crippen molar-refractivity contribution in [3.05, 3.63) is 65.2 Å². The van der Waals surface area contributed by atoms with Gasteiger partial charge in [-0.3, -0.25) is 4.79 Å². The van der Waals surface area contributed by atoms with Crippen LogP contribution in [0.25, 0.3) is 0 Å². The average Bonchev–Trinajstić information content (AvgIpc) is 2.45. The minimum atomic E-state index is -0.798. The van der Waals surface area contributed by atoms with Gasteiger partial charge in [0.2, 0.25) is 0 Å². The van der Waals surface area contributed by atoms with E-state index in [9.17, 15) is 13.6 Å². The summed E-state index contributed by atoms with van der Waals surface area (Å²) in [5, 5.41) is 0. The molecule has 0 aliphatic carbocycles. The summed E-state index contributed by atoms with van der Waals surface area (Å²) in [5.41, 5.74) is 0.978. The fourth-order valence-electron chi connectivity index (χ4n) is 1.90. The van der Waals surface area contributed by atoms with Crippen molar-refractivity contribution in [2.24, 2.45) is 0 Å². The second-order valence-electron chi connectivity index (χ2n) is 4.40. The summed E-state index contributed by atoms with van der Waals surface area (Å²) in [7, 11) is 0. The monoisotopic (exact) mass is 292 g/mol. The highest BCUT2D eigenvalue weighted by Gasteiger charge is 2.12. The van der Waals surface area contributed by atoms with Gasteiger partial charge in [-0.25, -0.2) is 8.78 Å². The van der Waals surface area contributed by atoms with Crippen LogP contribution in [0.4, 0.5) is 8.78 Å². The maximum atomic E-state index is 13.5. The third-order valence-electron chi connectivity index (χ3n) is 3.03. The fourth-order valence-corrected chi connectivity index (χ4v) is 2.31. The molecule has 0 N–H and O–H groups in total. The molecular formula is C16H14F2OS. The summed E-state index contributed by atoms with van der Waals surface area (Å²) in [4.78, 5) is 13.1. The topological polar surface area (TPSA) is 17.1 Å².